The first-order valence-corrected chi connectivity index (χ1v) is 5.85. The summed E-state index contributed by atoms with van der Waals surface area (Å²) >= 11 is 0. The molecule has 0 atom stereocenters. The average Bonchev–Trinajstić information content (AvgIpc) is 2.40. The van der Waals surface area contributed by atoms with Crippen molar-refractivity contribution in [1.29, 1.82) is 0 Å². The van der Waals surface area contributed by atoms with Crippen molar-refractivity contribution in [2.24, 2.45) is 0 Å². The van der Waals surface area contributed by atoms with Crippen molar-refractivity contribution < 1.29 is 14.7 Å². The molecule has 6 nitrogen and oxygen atoms in total. The number of nitrogens with zero attached hydrogens (tertiary/aromatic N) is 2. The van der Waals surface area contributed by atoms with Crippen molar-refractivity contribution in [2.75, 3.05) is 13.1 Å². The van der Waals surface area contributed by atoms with Crippen molar-refractivity contribution in [3.8, 4) is 0 Å². The second-order valence-corrected chi connectivity index (χ2v) is 4.25. The second-order valence-electron chi connectivity index (χ2n) is 4.25. The Morgan fingerprint density at radius 1 is 1.28 bits per heavy atom. The zero-order valence-electron chi connectivity index (χ0n) is 9.87. The lowest BCUT2D eigenvalue weighted by molar-refractivity contribution is 0.0907. The maximum atomic E-state index is 11.9. The van der Waals surface area contributed by atoms with Gasteiger partial charge in [0.15, 0.2) is 0 Å². The van der Waals surface area contributed by atoms with Crippen molar-refractivity contribution >= 4 is 12.0 Å². The molecule has 0 aliphatic carbocycles. The van der Waals surface area contributed by atoms with Gasteiger partial charge in [-0.25, -0.2) is 4.79 Å². The van der Waals surface area contributed by atoms with E-state index in [9.17, 15) is 9.59 Å². The van der Waals surface area contributed by atoms with Gasteiger partial charge in [0, 0.05) is 37.1 Å². The van der Waals surface area contributed by atoms with Crippen LogP contribution in [0.2, 0.25) is 0 Å². The molecule has 2 amide bonds. The largest absolute Gasteiger partial charge is 0.465 e. The van der Waals surface area contributed by atoms with E-state index in [0.29, 0.717) is 31.5 Å². The lowest BCUT2D eigenvalue weighted by atomic mass is 10.0. The Balaban J connectivity index is 1.85. The molecule has 1 aromatic rings. The third-order valence-electron chi connectivity index (χ3n) is 3.04. The third kappa shape index (κ3) is 2.97. The van der Waals surface area contributed by atoms with Crippen molar-refractivity contribution in [2.45, 2.75) is 18.9 Å². The molecule has 1 aliphatic rings. The maximum Gasteiger partial charge on any atom is 0.407 e. The fraction of sp³-hybridized carbons (Fsp3) is 0.417. The minimum Gasteiger partial charge on any atom is -0.465 e. The number of piperidine rings is 1. The molecule has 0 radical (unpaired) electrons. The molecule has 0 saturated carbocycles. The minimum absolute atomic E-state index is 0.0428. The first kappa shape index (κ1) is 12.3. The van der Waals surface area contributed by atoms with Crippen LogP contribution >= 0.6 is 0 Å². The first-order valence-electron chi connectivity index (χ1n) is 5.85. The van der Waals surface area contributed by atoms with Crippen LogP contribution in [0, 0.1) is 0 Å². The van der Waals surface area contributed by atoms with Crippen LogP contribution in [0.3, 0.4) is 0 Å². The van der Waals surface area contributed by atoms with Crippen LogP contribution in [-0.4, -0.2) is 46.1 Å². The van der Waals surface area contributed by atoms with Crippen LogP contribution in [0.15, 0.2) is 24.5 Å². The molecule has 0 aromatic carbocycles. The van der Waals surface area contributed by atoms with E-state index >= 15 is 0 Å². The Morgan fingerprint density at radius 2 is 1.89 bits per heavy atom. The number of pyridine rings is 1. The maximum absolute atomic E-state index is 11.9. The summed E-state index contributed by atoms with van der Waals surface area (Å²) in [4.78, 5) is 27.8. The Bertz CT molecular complexity index is 427. The number of carboxylic acid groups (broad SMARTS) is 1. The molecule has 2 N–H and O–H groups in total. The summed E-state index contributed by atoms with van der Waals surface area (Å²) < 4.78 is 0. The summed E-state index contributed by atoms with van der Waals surface area (Å²) in [6.45, 7) is 0.938. The number of carbonyl (C=O) groups excluding carboxylic acids is 1. The smallest absolute Gasteiger partial charge is 0.407 e. The lowest BCUT2D eigenvalue weighted by Gasteiger charge is -2.30. The first-order chi connectivity index (χ1) is 8.66. The van der Waals surface area contributed by atoms with Gasteiger partial charge in [-0.15, -0.1) is 0 Å². The highest BCUT2D eigenvalue weighted by Crippen LogP contribution is 2.11. The number of hydrogen-bond acceptors (Lipinski definition) is 3. The molecule has 2 heterocycles. The lowest BCUT2D eigenvalue weighted by Crippen LogP contribution is -2.46. The predicted molar refractivity (Wildman–Crippen MR) is 64.3 cm³/mol. The molecule has 1 fully saturated rings. The van der Waals surface area contributed by atoms with Crippen LogP contribution < -0.4 is 5.32 Å². The summed E-state index contributed by atoms with van der Waals surface area (Å²) in [6.07, 6.45) is 3.56. The Labute approximate surface area is 105 Å². The molecule has 0 spiro atoms. The monoisotopic (exact) mass is 249 g/mol. The molecule has 6 heteroatoms. The van der Waals surface area contributed by atoms with Gasteiger partial charge in [0.25, 0.3) is 5.91 Å². The van der Waals surface area contributed by atoms with Gasteiger partial charge in [-0.1, -0.05) is 0 Å². The van der Waals surface area contributed by atoms with Gasteiger partial charge >= 0.3 is 6.09 Å². The Morgan fingerprint density at radius 3 is 2.44 bits per heavy atom. The van der Waals surface area contributed by atoms with Crippen LogP contribution in [0.5, 0.6) is 0 Å². The standard InChI is InChI=1S/C12H15N3O3/c16-11(9-1-5-13-6-2-9)14-10-3-7-15(8-4-10)12(17)18/h1-2,5-6,10H,3-4,7-8H2,(H,14,16)(H,17,18). The summed E-state index contributed by atoms with van der Waals surface area (Å²) in [5.74, 6) is -0.133. The Hall–Kier alpha value is -2.11. The van der Waals surface area contributed by atoms with E-state index in [1.807, 2.05) is 0 Å². The topological polar surface area (TPSA) is 82.5 Å². The molecule has 96 valence electrons. The number of hydrogen-bond donors (Lipinski definition) is 2. The van der Waals surface area contributed by atoms with Crippen molar-refractivity contribution in [3.63, 3.8) is 0 Å². The highest BCUT2D eigenvalue weighted by Gasteiger charge is 2.23. The zero-order chi connectivity index (χ0) is 13.0. The quantitative estimate of drug-likeness (QED) is 0.817. The van der Waals surface area contributed by atoms with Crippen LogP contribution in [0.4, 0.5) is 4.79 Å². The van der Waals surface area contributed by atoms with Gasteiger partial charge < -0.3 is 15.3 Å². The van der Waals surface area contributed by atoms with Crippen LogP contribution in [0.25, 0.3) is 0 Å². The molecule has 0 bridgehead atoms. The summed E-state index contributed by atoms with van der Waals surface area (Å²) in [5.41, 5.74) is 0.575. The molecular formula is C12H15N3O3. The van der Waals surface area contributed by atoms with E-state index in [4.69, 9.17) is 5.11 Å². The van der Waals surface area contributed by atoms with Crippen molar-refractivity contribution in [3.05, 3.63) is 30.1 Å². The van der Waals surface area contributed by atoms with E-state index in [1.54, 1.807) is 24.5 Å². The summed E-state index contributed by atoms with van der Waals surface area (Å²) in [7, 11) is 0. The number of nitrogens with one attached hydrogen (secondary N) is 1. The number of amides is 2. The highest BCUT2D eigenvalue weighted by atomic mass is 16.4. The molecule has 0 unspecified atom stereocenters. The fourth-order valence-corrected chi connectivity index (χ4v) is 1.99. The van der Waals surface area contributed by atoms with Crippen LogP contribution in [0.1, 0.15) is 23.2 Å². The molecule has 1 aromatic heterocycles. The normalized spacial score (nSPS) is 16.3. The van der Waals surface area contributed by atoms with E-state index in [0.717, 1.165) is 0 Å². The molecule has 1 aliphatic heterocycles. The summed E-state index contributed by atoms with van der Waals surface area (Å²) in [6, 6.07) is 3.35. The number of likely N-dealkylation sites (tertiary alicyclic amines) is 1. The number of rotatable bonds is 2. The number of carbonyl (C=O) groups is 2. The molecule has 1 saturated heterocycles. The van der Waals surface area contributed by atoms with Gasteiger partial charge in [-0.05, 0) is 25.0 Å². The van der Waals surface area contributed by atoms with E-state index < -0.39 is 6.09 Å². The third-order valence-corrected chi connectivity index (χ3v) is 3.04. The van der Waals surface area contributed by atoms with E-state index in [1.165, 1.54) is 4.90 Å². The molecule has 18 heavy (non-hydrogen) atoms. The van der Waals surface area contributed by atoms with Crippen molar-refractivity contribution in [1.82, 2.24) is 15.2 Å². The van der Waals surface area contributed by atoms with E-state index in [-0.39, 0.29) is 11.9 Å². The Kier molecular flexibility index (Phi) is 3.76. The summed E-state index contributed by atoms with van der Waals surface area (Å²) in [5, 5.41) is 11.7. The van der Waals surface area contributed by atoms with Gasteiger partial charge in [0.05, 0.1) is 0 Å². The van der Waals surface area contributed by atoms with E-state index in [2.05, 4.69) is 10.3 Å². The van der Waals surface area contributed by atoms with Gasteiger partial charge in [0.2, 0.25) is 0 Å². The number of aromatic nitrogens is 1. The zero-order valence-corrected chi connectivity index (χ0v) is 9.87. The fourth-order valence-electron chi connectivity index (χ4n) is 1.99. The molecule has 2 rings (SSSR count). The van der Waals surface area contributed by atoms with Gasteiger partial charge in [-0.3, -0.25) is 9.78 Å². The van der Waals surface area contributed by atoms with Gasteiger partial charge in [-0.2, -0.15) is 0 Å². The minimum atomic E-state index is -0.895. The SMILES string of the molecule is O=C(NC1CCN(C(=O)O)CC1)c1ccncc1. The second kappa shape index (κ2) is 5.48. The predicted octanol–water partition coefficient (Wildman–Crippen LogP) is 0.954. The highest BCUT2D eigenvalue weighted by molar-refractivity contribution is 5.94. The average molecular weight is 249 g/mol. The molecular weight excluding hydrogens is 234 g/mol. The van der Waals surface area contributed by atoms with Crippen LogP contribution in [-0.2, 0) is 0 Å². The van der Waals surface area contributed by atoms with Gasteiger partial charge in [0.1, 0.15) is 0 Å².